The quantitative estimate of drug-likeness (QED) is 0.498. The second-order valence-electron chi connectivity index (χ2n) is 3.24. The van der Waals surface area contributed by atoms with Gasteiger partial charge in [-0.25, -0.2) is 0 Å². The van der Waals surface area contributed by atoms with Crippen LogP contribution in [0.2, 0.25) is 0 Å². The molecular formula is C12H17ClO. The van der Waals surface area contributed by atoms with Crippen molar-refractivity contribution in [1.29, 1.82) is 0 Å². The molecule has 1 aromatic rings. The molecule has 0 radical (unpaired) electrons. The minimum absolute atomic E-state index is 0.738. The molecule has 0 heterocycles. The molecule has 1 nitrogen and oxygen atoms in total. The van der Waals surface area contributed by atoms with Crippen molar-refractivity contribution < 1.29 is 4.74 Å². The van der Waals surface area contributed by atoms with E-state index in [9.17, 15) is 0 Å². The van der Waals surface area contributed by atoms with Gasteiger partial charge in [-0.15, -0.1) is 11.6 Å². The summed E-state index contributed by atoms with van der Waals surface area (Å²) in [6.07, 6.45) is 3.12. The molecule has 0 aliphatic rings. The van der Waals surface area contributed by atoms with Crippen molar-refractivity contribution in [2.24, 2.45) is 0 Å². The summed E-state index contributed by atoms with van der Waals surface area (Å²) in [6, 6.07) is 10.4. The van der Waals surface area contributed by atoms with Crippen molar-refractivity contribution >= 4 is 11.6 Å². The van der Waals surface area contributed by atoms with E-state index in [0.717, 1.165) is 38.4 Å². The Kier molecular flexibility index (Phi) is 6.46. The van der Waals surface area contributed by atoms with Crippen LogP contribution in [0, 0.1) is 0 Å². The van der Waals surface area contributed by atoms with Crippen molar-refractivity contribution in [3.8, 4) is 0 Å². The SMILES string of the molecule is ClCCCCOCCc1ccccc1. The van der Waals surface area contributed by atoms with Gasteiger partial charge in [-0.3, -0.25) is 0 Å². The number of hydrogen-bond donors (Lipinski definition) is 0. The molecule has 2 heteroatoms. The number of ether oxygens (including phenoxy) is 1. The molecule has 0 aliphatic carbocycles. The standard InChI is InChI=1S/C12H17ClO/c13-9-4-5-10-14-11-8-12-6-2-1-3-7-12/h1-3,6-7H,4-5,8-11H2. The Hall–Kier alpha value is -0.530. The molecule has 0 spiro atoms. The van der Waals surface area contributed by atoms with Crippen molar-refractivity contribution in [2.75, 3.05) is 19.1 Å². The van der Waals surface area contributed by atoms with Gasteiger partial charge < -0.3 is 4.74 Å². The number of alkyl halides is 1. The van der Waals surface area contributed by atoms with Crippen LogP contribution in [0.15, 0.2) is 30.3 Å². The lowest BCUT2D eigenvalue weighted by atomic mass is 10.2. The van der Waals surface area contributed by atoms with E-state index in [2.05, 4.69) is 24.3 Å². The first-order chi connectivity index (χ1) is 6.93. The van der Waals surface area contributed by atoms with Gasteiger partial charge >= 0.3 is 0 Å². The highest BCUT2D eigenvalue weighted by Crippen LogP contribution is 2.00. The predicted molar refractivity (Wildman–Crippen MR) is 60.9 cm³/mol. The molecule has 0 N–H and O–H groups in total. The first-order valence-corrected chi connectivity index (χ1v) is 5.64. The van der Waals surface area contributed by atoms with Crippen LogP contribution >= 0.6 is 11.6 Å². The number of unbranched alkanes of at least 4 members (excludes halogenated alkanes) is 1. The van der Waals surface area contributed by atoms with Gasteiger partial charge in [0.05, 0.1) is 6.61 Å². The van der Waals surface area contributed by atoms with Crippen LogP contribution in [0.3, 0.4) is 0 Å². The molecule has 0 aromatic heterocycles. The van der Waals surface area contributed by atoms with E-state index in [0.29, 0.717) is 0 Å². The van der Waals surface area contributed by atoms with Crippen molar-refractivity contribution in [2.45, 2.75) is 19.3 Å². The van der Waals surface area contributed by atoms with E-state index in [1.54, 1.807) is 0 Å². The van der Waals surface area contributed by atoms with Crippen LogP contribution in [-0.4, -0.2) is 19.1 Å². The maximum atomic E-state index is 5.55. The lowest BCUT2D eigenvalue weighted by Gasteiger charge is -2.03. The Bertz CT molecular complexity index is 223. The summed E-state index contributed by atoms with van der Waals surface area (Å²) >= 11 is 5.55. The third-order valence-corrected chi connectivity index (χ3v) is 2.32. The summed E-state index contributed by atoms with van der Waals surface area (Å²) in [7, 11) is 0. The zero-order valence-electron chi connectivity index (χ0n) is 8.42. The van der Waals surface area contributed by atoms with Gasteiger partial charge in [0.25, 0.3) is 0 Å². The van der Waals surface area contributed by atoms with E-state index in [4.69, 9.17) is 16.3 Å². The fraction of sp³-hybridized carbons (Fsp3) is 0.500. The van der Waals surface area contributed by atoms with Crippen molar-refractivity contribution in [1.82, 2.24) is 0 Å². The molecule has 0 saturated heterocycles. The smallest absolute Gasteiger partial charge is 0.0506 e. The molecule has 0 atom stereocenters. The summed E-state index contributed by atoms with van der Waals surface area (Å²) in [5.74, 6) is 0.738. The fourth-order valence-corrected chi connectivity index (χ4v) is 1.42. The highest BCUT2D eigenvalue weighted by Gasteiger charge is 1.92. The second kappa shape index (κ2) is 7.84. The Labute approximate surface area is 91.0 Å². The highest BCUT2D eigenvalue weighted by atomic mass is 35.5. The van der Waals surface area contributed by atoms with Gasteiger partial charge in [-0.1, -0.05) is 30.3 Å². The third-order valence-electron chi connectivity index (χ3n) is 2.05. The van der Waals surface area contributed by atoms with Gasteiger partial charge in [-0.2, -0.15) is 0 Å². The molecule has 0 fully saturated rings. The summed E-state index contributed by atoms with van der Waals surface area (Å²) in [5.41, 5.74) is 1.34. The van der Waals surface area contributed by atoms with Crippen LogP contribution < -0.4 is 0 Å². The summed E-state index contributed by atoms with van der Waals surface area (Å²) < 4.78 is 5.48. The lowest BCUT2D eigenvalue weighted by molar-refractivity contribution is 0.134. The average molecular weight is 213 g/mol. The minimum Gasteiger partial charge on any atom is -0.381 e. The number of hydrogen-bond acceptors (Lipinski definition) is 1. The maximum Gasteiger partial charge on any atom is 0.0506 e. The van der Waals surface area contributed by atoms with Gasteiger partial charge in [0.1, 0.15) is 0 Å². The number of rotatable bonds is 7. The van der Waals surface area contributed by atoms with Crippen LogP contribution in [0.1, 0.15) is 18.4 Å². The van der Waals surface area contributed by atoms with Crippen LogP contribution in [0.5, 0.6) is 0 Å². The summed E-state index contributed by atoms with van der Waals surface area (Å²) in [5, 5.41) is 0. The molecule has 0 bridgehead atoms. The largest absolute Gasteiger partial charge is 0.381 e. The van der Waals surface area contributed by atoms with E-state index in [-0.39, 0.29) is 0 Å². The van der Waals surface area contributed by atoms with E-state index >= 15 is 0 Å². The zero-order chi connectivity index (χ0) is 10.1. The minimum atomic E-state index is 0.738. The maximum absolute atomic E-state index is 5.55. The Morgan fingerprint density at radius 1 is 1.00 bits per heavy atom. The highest BCUT2D eigenvalue weighted by molar-refractivity contribution is 6.17. The number of benzene rings is 1. The van der Waals surface area contributed by atoms with Crippen molar-refractivity contribution in [3.05, 3.63) is 35.9 Å². The predicted octanol–water partition coefficient (Wildman–Crippen LogP) is 3.26. The van der Waals surface area contributed by atoms with Gasteiger partial charge in [0, 0.05) is 12.5 Å². The third kappa shape index (κ3) is 5.25. The van der Waals surface area contributed by atoms with Gasteiger partial charge in [0.2, 0.25) is 0 Å². The fourth-order valence-electron chi connectivity index (χ4n) is 1.24. The van der Waals surface area contributed by atoms with Crippen LogP contribution in [-0.2, 0) is 11.2 Å². The monoisotopic (exact) mass is 212 g/mol. The van der Waals surface area contributed by atoms with Gasteiger partial charge in [-0.05, 0) is 24.8 Å². The first-order valence-electron chi connectivity index (χ1n) is 5.11. The Balaban J connectivity index is 1.99. The summed E-state index contributed by atoms with van der Waals surface area (Å²) in [4.78, 5) is 0. The Morgan fingerprint density at radius 2 is 1.79 bits per heavy atom. The molecule has 1 rings (SSSR count). The molecule has 14 heavy (non-hydrogen) atoms. The molecule has 0 amide bonds. The molecule has 78 valence electrons. The zero-order valence-corrected chi connectivity index (χ0v) is 9.17. The average Bonchev–Trinajstić information content (AvgIpc) is 2.25. The molecule has 0 saturated carbocycles. The number of halogens is 1. The van der Waals surface area contributed by atoms with E-state index in [1.165, 1.54) is 5.56 Å². The molecule has 1 aromatic carbocycles. The van der Waals surface area contributed by atoms with Gasteiger partial charge in [0.15, 0.2) is 0 Å². The van der Waals surface area contributed by atoms with Crippen molar-refractivity contribution in [3.63, 3.8) is 0 Å². The normalized spacial score (nSPS) is 10.4. The Morgan fingerprint density at radius 3 is 2.50 bits per heavy atom. The topological polar surface area (TPSA) is 9.23 Å². The van der Waals surface area contributed by atoms with E-state index < -0.39 is 0 Å². The van der Waals surface area contributed by atoms with E-state index in [1.807, 2.05) is 6.07 Å². The molecule has 0 aliphatic heterocycles. The first kappa shape index (κ1) is 11.5. The molecule has 0 unspecified atom stereocenters. The second-order valence-corrected chi connectivity index (χ2v) is 3.62. The molecular weight excluding hydrogens is 196 g/mol. The van der Waals surface area contributed by atoms with Crippen LogP contribution in [0.25, 0.3) is 0 Å². The summed E-state index contributed by atoms with van der Waals surface area (Å²) in [6.45, 7) is 1.64. The lowest BCUT2D eigenvalue weighted by Crippen LogP contribution is -2.00. The van der Waals surface area contributed by atoms with Crippen LogP contribution in [0.4, 0.5) is 0 Å².